The molecule has 5 rings (SSSR count). The number of para-hydroxylation sites is 1. The van der Waals surface area contributed by atoms with Gasteiger partial charge < -0.3 is 15.0 Å². The fourth-order valence-electron chi connectivity index (χ4n) is 5.02. The molecule has 4 aromatic rings. The van der Waals surface area contributed by atoms with Crippen molar-refractivity contribution in [2.45, 2.75) is 43.9 Å². The number of hydrogen-bond acceptors (Lipinski definition) is 6. The van der Waals surface area contributed by atoms with Crippen molar-refractivity contribution in [1.29, 1.82) is 0 Å². The van der Waals surface area contributed by atoms with E-state index in [9.17, 15) is 4.79 Å². The lowest BCUT2D eigenvalue weighted by Crippen LogP contribution is -2.35. The zero-order valence-electron chi connectivity index (χ0n) is 23.3. The van der Waals surface area contributed by atoms with Crippen molar-refractivity contribution in [2.75, 3.05) is 18.5 Å². The Kier molecular flexibility index (Phi) is 8.64. The zero-order chi connectivity index (χ0) is 28.2. The van der Waals surface area contributed by atoms with Gasteiger partial charge in [-0.05, 0) is 43.7 Å². The molecular weight excluding hydrogens is 535 g/mol. The van der Waals surface area contributed by atoms with Gasteiger partial charge in [0.1, 0.15) is 26.1 Å². The van der Waals surface area contributed by atoms with Gasteiger partial charge in [0.15, 0.2) is 0 Å². The summed E-state index contributed by atoms with van der Waals surface area (Å²) in [5.41, 5.74) is 3.32. The molecule has 2 atom stereocenters. The summed E-state index contributed by atoms with van der Waals surface area (Å²) < 4.78 is 10.0. The van der Waals surface area contributed by atoms with Crippen molar-refractivity contribution in [1.82, 2.24) is 9.88 Å². The number of ether oxygens (including phenoxy) is 1. The minimum atomic E-state index is -0.314. The Morgan fingerprint density at radius 2 is 1.60 bits per heavy atom. The summed E-state index contributed by atoms with van der Waals surface area (Å²) in [4.78, 5) is 17.0. The topological polar surface area (TPSA) is 46.5 Å². The number of nitrogens with one attached hydrogen (secondary N) is 1. The van der Waals surface area contributed by atoms with E-state index in [1.54, 1.807) is 11.8 Å². The van der Waals surface area contributed by atoms with Gasteiger partial charge in [-0.15, -0.1) is 11.3 Å². The largest absolute Gasteiger partial charge is 0.484 e. The molecule has 0 radical (unpaired) electrons. The van der Waals surface area contributed by atoms with Gasteiger partial charge in [-0.3, -0.25) is 9.36 Å². The highest BCUT2D eigenvalue weighted by Crippen LogP contribution is 2.45. The second kappa shape index (κ2) is 12.3. The number of allylic oxidation sites excluding steroid dienone is 1. The summed E-state index contributed by atoms with van der Waals surface area (Å²) in [5, 5.41) is 4.57. The van der Waals surface area contributed by atoms with E-state index >= 15 is 0 Å². The highest BCUT2D eigenvalue weighted by Gasteiger charge is 2.27. The molecule has 0 fully saturated rings. The Morgan fingerprint density at radius 1 is 0.975 bits per heavy atom. The van der Waals surface area contributed by atoms with Crippen LogP contribution >= 0.6 is 23.1 Å². The number of benzene rings is 3. The maximum absolute atomic E-state index is 13.7. The average Bonchev–Trinajstić information content (AvgIpc) is 3.47. The number of thioether (sulfide) groups is 1. The van der Waals surface area contributed by atoms with E-state index in [1.165, 1.54) is 11.3 Å². The molecule has 1 aliphatic heterocycles. The number of thiazole rings is 1. The maximum atomic E-state index is 13.7. The first kappa shape index (κ1) is 28.0. The summed E-state index contributed by atoms with van der Waals surface area (Å²) >= 11 is 3.13. The van der Waals surface area contributed by atoms with E-state index in [-0.39, 0.29) is 23.7 Å². The van der Waals surface area contributed by atoms with Crippen LogP contribution < -0.4 is 25.0 Å². The summed E-state index contributed by atoms with van der Waals surface area (Å²) in [6, 6.07) is 28.7. The molecule has 2 unspecified atom stereocenters. The Hall–Kier alpha value is -3.52. The van der Waals surface area contributed by atoms with Crippen LogP contribution in [0.15, 0.2) is 107 Å². The summed E-state index contributed by atoms with van der Waals surface area (Å²) in [5.74, 6) is 0.510. The van der Waals surface area contributed by atoms with Gasteiger partial charge in [-0.25, -0.2) is 0 Å². The van der Waals surface area contributed by atoms with Crippen LogP contribution in [-0.2, 0) is 4.74 Å². The SMILES string of the molecule is C=C(/C=c1\s/c(=C2\Sc3ccccc3N2C)c(=O)n1C(C)C)OC(c1ccccc1)C(NCC)c1ccccc1. The lowest BCUT2D eigenvalue weighted by Gasteiger charge is -2.29. The molecule has 0 bridgehead atoms. The average molecular weight is 570 g/mol. The molecule has 0 saturated carbocycles. The van der Waals surface area contributed by atoms with Crippen molar-refractivity contribution < 1.29 is 4.74 Å². The molecule has 1 aliphatic rings. The quantitative estimate of drug-likeness (QED) is 0.243. The van der Waals surface area contributed by atoms with Crippen LogP contribution in [0, 0.1) is 0 Å². The smallest absolute Gasteiger partial charge is 0.271 e. The number of hydrogen-bond donors (Lipinski definition) is 1. The summed E-state index contributed by atoms with van der Waals surface area (Å²) in [6.07, 6.45) is 1.60. The number of anilines is 1. The number of aromatic nitrogens is 1. The molecule has 3 aromatic carbocycles. The Labute approximate surface area is 244 Å². The number of likely N-dealkylation sites (N-methyl/N-ethyl adjacent to an activating group) is 1. The molecule has 0 saturated heterocycles. The first-order valence-electron chi connectivity index (χ1n) is 13.6. The van der Waals surface area contributed by atoms with E-state index in [2.05, 4.69) is 60.1 Å². The fourth-order valence-corrected chi connectivity index (χ4v) is 7.55. The van der Waals surface area contributed by atoms with Crippen molar-refractivity contribution in [2.24, 2.45) is 0 Å². The molecule has 1 N–H and O–H groups in total. The molecule has 0 aliphatic carbocycles. The van der Waals surface area contributed by atoms with Crippen molar-refractivity contribution >= 4 is 39.9 Å². The van der Waals surface area contributed by atoms with Crippen LogP contribution in [-0.4, -0.2) is 18.2 Å². The van der Waals surface area contributed by atoms with E-state index in [0.29, 0.717) is 5.76 Å². The molecule has 0 spiro atoms. The van der Waals surface area contributed by atoms with Gasteiger partial charge in [0.05, 0.1) is 11.7 Å². The van der Waals surface area contributed by atoms with Crippen LogP contribution in [0.2, 0.25) is 0 Å². The molecule has 1 aromatic heterocycles. The highest BCUT2D eigenvalue weighted by atomic mass is 32.2. The van der Waals surface area contributed by atoms with E-state index in [0.717, 1.165) is 42.5 Å². The minimum Gasteiger partial charge on any atom is -0.484 e. The van der Waals surface area contributed by atoms with Crippen LogP contribution in [0.4, 0.5) is 5.69 Å². The molecule has 2 heterocycles. The Balaban J connectivity index is 1.56. The molecule has 7 heteroatoms. The fraction of sp³-hybridized carbons (Fsp3) is 0.242. The van der Waals surface area contributed by atoms with E-state index in [4.69, 9.17) is 4.74 Å². The van der Waals surface area contributed by atoms with Crippen molar-refractivity contribution in [3.63, 3.8) is 0 Å². The van der Waals surface area contributed by atoms with Crippen LogP contribution in [0.1, 0.15) is 50.1 Å². The predicted molar refractivity (Wildman–Crippen MR) is 169 cm³/mol. The summed E-state index contributed by atoms with van der Waals surface area (Å²) in [7, 11) is 2.02. The summed E-state index contributed by atoms with van der Waals surface area (Å²) in [6.45, 7) is 11.3. The monoisotopic (exact) mass is 569 g/mol. The van der Waals surface area contributed by atoms with Crippen molar-refractivity contribution in [3.8, 4) is 0 Å². The first-order chi connectivity index (χ1) is 19.4. The third-order valence-electron chi connectivity index (χ3n) is 6.88. The first-order valence-corrected chi connectivity index (χ1v) is 15.2. The molecule has 0 amide bonds. The normalized spacial score (nSPS) is 16.2. The highest BCUT2D eigenvalue weighted by molar-refractivity contribution is 8.08. The van der Waals surface area contributed by atoms with Crippen LogP contribution in [0.5, 0.6) is 0 Å². The third-order valence-corrected chi connectivity index (χ3v) is 9.34. The lowest BCUT2D eigenvalue weighted by atomic mass is 9.95. The van der Waals surface area contributed by atoms with Crippen LogP contribution in [0.3, 0.4) is 0 Å². The number of nitrogens with zero attached hydrogens (tertiary/aromatic N) is 2. The van der Waals surface area contributed by atoms with Gasteiger partial charge in [0.25, 0.3) is 5.56 Å². The molecule has 5 nitrogen and oxygen atoms in total. The lowest BCUT2D eigenvalue weighted by molar-refractivity contribution is 0.0920. The van der Waals surface area contributed by atoms with Crippen LogP contribution in [0.25, 0.3) is 11.1 Å². The van der Waals surface area contributed by atoms with Gasteiger partial charge in [-0.2, -0.15) is 0 Å². The predicted octanol–water partition coefficient (Wildman–Crippen LogP) is 6.20. The number of rotatable bonds is 9. The number of fused-ring (bicyclic) bond motifs is 1. The Morgan fingerprint density at radius 3 is 2.23 bits per heavy atom. The second-order valence-corrected chi connectivity index (χ2v) is 12.0. The van der Waals surface area contributed by atoms with E-state index < -0.39 is 0 Å². The van der Waals surface area contributed by atoms with E-state index in [1.807, 2.05) is 80.1 Å². The molecule has 40 heavy (non-hydrogen) atoms. The van der Waals surface area contributed by atoms with Crippen molar-refractivity contribution in [3.05, 3.63) is 128 Å². The van der Waals surface area contributed by atoms with Gasteiger partial charge in [0.2, 0.25) is 0 Å². The third kappa shape index (κ3) is 5.68. The van der Waals surface area contributed by atoms with Gasteiger partial charge >= 0.3 is 0 Å². The minimum absolute atomic E-state index is 0.00984. The van der Waals surface area contributed by atoms with Gasteiger partial charge in [0, 0.05) is 24.1 Å². The zero-order valence-corrected chi connectivity index (χ0v) is 25.0. The second-order valence-electron chi connectivity index (χ2n) is 9.98. The standard InChI is InChI=1S/C33H35N3O2S2/c1-6-34-29(24-15-9-7-10-16-24)30(25-17-11-8-12-18-25)38-23(4)21-28-36(22(2)3)32(37)31(40-28)33-35(5)26-19-13-14-20-27(26)39-33/h7-22,29-30,34H,4,6H2,1-3,5H3/b28-21-,33-31-. The Bertz CT molecular complexity index is 1660. The maximum Gasteiger partial charge on any atom is 0.271 e. The molecule has 206 valence electrons. The molecular formula is C33H35N3O2S2. The van der Waals surface area contributed by atoms with Gasteiger partial charge in [-0.1, -0.05) is 98.1 Å².